The minimum atomic E-state index is -5.01. The van der Waals surface area contributed by atoms with Gasteiger partial charge in [-0.3, -0.25) is 0 Å². The summed E-state index contributed by atoms with van der Waals surface area (Å²) in [5, 5.41) is 0. The number of hydrogen-bond donors (Lipinski definition) is 0. The second-order valence-electron chi connectivity index (χ2n) is 9.43. The molecule has 184 valence electrons. The summed E-state index contributed by atoms with van der Waals surface area (Å²) in [6.07, 6.45) is 4.31. The van der Waals surface area contributed by atoms with Crippen molar-refractivity contribution in [2.24, 2.45) is 5.92 Å². The highest BCUT2D eigenvalue weighted by Gasteiger charge is 2.33. The number of benzene rings is 2. The number of alkyl halides is 3. The molecule has 0 atom stereocenters. The predicted molar refractivity (Wildman–Crippen MR) is 119 cm³/mol. The standard InChI is InChI=1S/C27H28F6O/c1-2-3-4-16-5-7-17(8-6-16)21-13-23(29)26(24(30)14-21)19-10-9-18-15-25(34-27(31,32)33)22(28)12-20(18)11-19/h10,12-17H,2-9,11H2,1H3. The Hall–Kier alpha value is -2.44. The maximum Gasteiger partial charge on any atom is 0.573 e. The Morgan fingerprint density at radius 3 is 2.18 bits per heavy atom. The number of hydrogen-bond acceptors (Lipinski definition) is 1. The molecule has 7 heteroatoms. The summed E-state index contributed by atoms with van der Waals surface area (Å²) in [7, 11) is 0. The van der Waals surface area contributed by atoms with Crippen molar-refractivity contribution in [3.8, 4) is 5.75 Å². The second kappa shape index (κ2) is 10.0. The molecular formula is C27H28F6O. The Morgan fingerprint density at radius 1 is 0.882 bits per heavy atom. The molecule has 0 bridgehead atoms. The molecule has 0 aromatic heterocycles. The first kappa shape index (κ1) is 24.7. The zero-order valence-corrected chi connectivity index (χ0v) is 19.1. The van der Waals surface area contributed by atoms with Gasteiger partial charge in [-0.05, 0) is 96.9 Å². The van der Waals surface area contributed by atoms with Gasteiger partial charge in [-0.1, -0.05) is 32.3 Å². The molecule has 0 radical (unpaired) electrons. The van der Waals surface area contributed by atoms with Crippen molar-refractivity contribution in [1.29, 1.82) is 0 Å². The third-order valence-corrected chi connectivity index (χ3v) is 7.10. The molecule has 0 aliphatic heterocycles. The molecule has 1 saturated carbocycles. The van der Waals surface area contributed by atoms with Crippen LogP contribution in [0.25, 0.3) is 5.57 Å². The maximum atomic E-state index is 15.1. The summed E-state index contributed by atoms with van der Waals surface area (Å²) in [6, 6.07) is 4.77. The summed E-state index contributed by atoms with van der Waals surface area (Å²) in [5.41, 5.74) is 1.70. The van der Waals surface area contributed by atoms with Crippen LogP contribution in [0.1, 0.15) is 80.0 Å². The molecule has 34 heavy (non-hydrogen) atoms. The molecule has 2 aromatic carbocycles. The van der Waals surface area contributed by atoms with Gasteiger partial charge in [0, 0.05) is 5.56 Å². The minimum Gasteiger partial charge on any atom is -0.403 e. The van der Waals surface area contributed by atoms with E-state index in [2.05, 4.69) is 11.7 Å². The molecule has 0 unspecified atom stereocenters. The quantitative estimate of drug-likeness (QED) is 0.375. The molecule has 4 rings (SSSR count). The Balaban J connectivity index is 1.50. The summed E-state index contributed by atoms with van der Waals surface area (Å²) < 4.78 is 85.5. The van der Waals surface area contributed by atoms with Gasteiger partial charge >= 0.3 is 6.36 Å². The summed E-state index contributed by atoms with van der Waals surface area (Å²) in [4.78, 5) is 0. The lowest BCUT2D eigenvalue weighted by Crippen LogP contribution is -2.18. The molecule has 0 amide bonds. The summed E-state index contributed by atoms with van der Waals surface area (Å²) in [6.45, 7) is 2.18. The van der Waals surface area contributed by atoms with Gasteiger partial charge in [0.15, 0.2) is 11.6 Å². The first-order chi connectivity index (χ1) is 16.1. The zero-order chi connectivity index (χ0) is 24.5. The van der Waals surface area contributed by atoms with Crippen molar-refractivity contribution < 1.29 is 31.1 Å². The van der Waals surface area contributed by atoms with E-state index in [1.165, 1.54) is 31.4 Å². The lowest BCUT2D eigenvalue weighted by atomic mass is 9.76. The topological polar surface area (TPSA) is 9.23 Å². The fraction of sp³-hybridized carbons (Fsp3) is 0.481. The van der Waals surface area contributed by atoms with Gasteiger partial charge in [-0.25, -0.2) is 13.2 Å². The van der Waals surface area contributed by atoms with Gasteiger partial charge < -0.3 is 4.74 Å². The fourth-order valence-electron chi connectivity index (χ4n) is 5.31. The third-order valence-electron chi connectivity index (χ3n) is 7.10. The predicted octanol–water partition coefficient (Wildman–Crippen LogP) is 8.65. The molecular weight excluding hydrogens is 454 g/mol. The van der Waals surface area contributed by atoms with Crippen LogP contribution < -0.4 is 4.74 Å². The number of rotatable bonds is 6. The molecule has 2 aliphatic carbocycles. The Kier molecular flexibility index (Phi) is 7.29. The van der Waals surface area contributed by atoms with Gasteiger partial charge in [-0.15, -0.1) is 13.2 Å². The van der Waals surface area contributed by atoms with Crippen LogP contribution in [0.3, 0.4) is 0 Å². The van der Waals surface area contributed by atoms with Crippen LogP contribution in [-0.4, -0.2) is 6.36 Å². The monoisotopic (exact) mass is 482 g/mol. The van der Waals surface area contributed by atoms with Gasteiger partial charge in [0.25, 0.3) is 0 Å². The molecule has 0 heterocycles. The average molecular weight is 483 g/mol. The first-order valence-corrected chi connectivity index (χ1v) is 11.9. The third kappa shape index (κ3) is 5.61. The number of fused-ring (bicyclic) bond motifs is 1. The Bertz CT molecular complexity index is 1040. The number of halogens is 6. The van der Waals surface area contributed by atoms with Gasteiger partial charge in [0.05, 0.1) is 0 Å². The van der Waals surface area contributed by atoms with Gasteiger partial charge in [0.1, 0.15) is 11.6 Å². The van der Waals surface area contributed by atoms with Crippen LogP contribution in [-0.2, 0) is 12.8 Å². The molecule has 0 spiro atoms. The number of allylic oxidation sites excluding steroid dienone is 2. The normalized spacial score (nSPS) is 20.6. The van der Waals surface area contributed by atoms with Crippen molar-refractivity contribution in [1.82, 2.24) is 0 Å². The van der Waals surface area contributed by atoms with Crippen LogP contribution in [0.5, 0.6) is 5.75 Å². The lowest BCUT2D eigenvalue weighted by Gasteiger charge is -2.29. The average Bonchev–Trinajstić information content (AvgIpc) is 2.77. The van der Waals surface area contributed by atoms with E-state index in [4.69, 9.17) is 0 Å². The van der Waals surface area contributed by atoms with Gasteiger partial charge in [0.2, 0.25) is 0 Å². The lowest BCUT2D eigenvalue weighted by molar-refractivity contribution is -0.275. The summed E-state index contributed by atoms with van der Waals surface area (Å²) in [5.74, 6) is -2.55. The van der Waals surface area contributed by atoms with Gasteiger partial charge in [-0.2, -0.15) is 0 Å². The van der Waals surface area contributed by atoms with E-state index in [1.54, 1.807) is 6.08 Å². The first-order valence-electron chi connectivity index (χ1n) is 11.9. The largest absolute Gasteiger partial charge is 0.573 e. The second-order valence-corrected chi connectivity index (χ2v) is 9.43. The minimum absolute atomic E-state index is 0.0221. The molecule has 2 aromatic rings. The molecule has 0 saturated heterocycles. The maximum absolute atomic E-state index is 15.1. The van der Waals surface area contributed by atoms with E-state index in [-0.39, 0.29) is 24.3 Å². The molecule has 1 nitrogen and oxygen atoms in total. The van der Waals surface area contributed by atoms with Crippen LogP contribution in [0.15, 0.2) is 30.3 Å². The van der Waals surface area contributed by atoms with Crippen LogP contribution >= 0.6 is 0 Å². The highest BCUT2D eigenvalue weighted by atomic mass is 19.4. The van der Waals surface area contributed by atoms with E-state index in [0.29, 0.717) is 28.2 Å². The highest BCUT2D eigenvalue weighted by molar-refractivity contribution is 5.72. The van der Waals surface area contributed by atoms with E-state index >= 15 is 8.78 Å². The molecule has 2 aliphatic rings. The van der Waals surface area contributed by atoms with Crippen molar-refractivity contribution in [3.63, 3.8) is 0 Å². The van der Waals surface area contributed by atoms with Crippen LogP contribution in [0.4, 0.5) is 26.3 Å². The fourth-order valence-corrected chi connectivity index (χ4v) is 5.31. The Labute approximate surface area is 195 Å². The summed E-state index contributed by atoms with van der Waals surface area (Å²) >= 11 is 0. The smallest absolute Gasteiger partial charge is 0.403 e. The van der Waals surface area contributed by atoms with Crippen molar-refractivity contribution in [2.75, 3.05) is 0 Å². The zero-order valence-electron chi connectivity index (χ0n) is 19.1. The Morgan fingerprint density at radius 2 is 1.56 bits per heavy atom. The number of unbranched alkanes of at least 4 members (excludes halogenated alkanes) is 1. The molecule has 0 N–H and O–H groups in total. The van der Waals surface area contributed by atoms with Crippen LogP contribution in [0.2, 0.25) is 0 Å². The van der Waals surface area contributed by atoms with E-state index in [9.17, 15) is 17.6 Å². The SMILES string of the molecule is CCCCC1CCC(c2cc(F)c(C3=CCc4cc(OC(F)(F)F)c(F)cc4C3)c(F)c2)CC1. The van der Waals surface area contributed by atoms with Crippen molar-refractivity contribution in [2.45, 2.75) is 77.0 Å². The van der Waals surface area contributed by atoms with Crippen molar-refractivity contribution >= 4 is 5.57 Å². The van der Waals surface area contributed by atoms with Crippen molar-refractivity contribution in [3.05, 3.63) is 70.0 Å². The van der Waals surface area contributed by atoms with Crippen LogP contribution in [0, 0.1) is 23.4 Å². The highest BCUT2D eigenvalue weighted by Crippen LogP contribution is 2.40. The number of ether oxygens (including phenoxy) is 1. The van der Waals surface area contributed by atoms with E-state index in [1.807, 2.05) is 0 Å². The van der Waals surface area contributed by atoms with E-state index in [0.717, 1.165) is 37.8 Å². The van der Waals surface area contributed by atoms with E-state index < -0.39 is 29.6 Å². The molecule has 1 fully saturated rings.